The Morgan fingerprint density at radius 2 is 1.51 bits per heavy atom. The van der Waals surface area contributed by atoms with E-state index in [0.717, 1.165) is 11.1 Å². The summed E-state index contributed by atoms with van der Waals surface area (Å²) in [5, 5.41) is 0. The highest BCUT2D eigenvalue weighted by molar-refractivity contribution is 7.89. The summed E-state index contributed by atoms with van der Waals surface area (Å²) >= 11 is 0. The third-order valence-corrected chi connectivity index (χ3v) is 6.88. The van der Waals surface area contributed by atoms with E-state index in [2.05, 4.69) is 9.46 Å². The molecule has 0 aromatic heterocycles. The topological polar surface area (TPSA) is 81.7 Å². The minimum atomic E-state index is -4.74. The Kier molecular flexibility index (Phi) is 7.86. The largest absolute Gasteiger partial charge is 0.573 e. The van der Waals surface area contributed by atoms with Gasteiger partial charge in [0.1, 0.15) is 5.75 Å². The number of aryl methyl sites for hydroxylation is 1. The van der Waals surface area contributed by atoms with Crippen LogP contribution >= 0.6 is 0 Å². The zero-order valence-electron chi connectivity index (χ0n) is 19.3. The number of ether oxygens (including phenoxy) is 2. The van der Waals surface area contributed by atoms with Crippen molar-refractivity contribution in [3.8, 4) is 16.9 Å². The SMILES string of the molecule is COC(=O)c1cc(S(=O)(=O)NCCc2ccc(-c3ccc(OC(F)(F)F)cc3)cc2)cc(C)c1C. The van der Waals surface area contributed by atoms with Crippen LogP contribution in [0, 0.1) is 13.8 Å². The van der Waals surface area contributed by atoms with Crippen molar-refractivity contribution in [1.29, 1.82) is 0 Å². The second-order valence-corrected chi connectivity index (χ2v) is 9.59. The molecule has 0 saturated heterocycles. The minimum Gasteiger partial charge on any atom is -0.465 e. The van der Waals surface area contributed by atoms with Crippen LogP contribution < -0.4 is 9.46 Å². The maximum Gasteiger partial charge on any atom is 0.573 e. The second-order valence-electron chi connectivity index (χ2n) is 7.82. The van der Waals surface area contributed by atoms with Crippen molar-refractivity contribution in [2.75, 3.05) is 13.7 Å². The number of nitrogens with one attached hydrogen (secondary N) is 1. The van der Waals surface area contributed by atoms with Crippen LogP contribution in [0.2, 0.25) is 0 Å². The number of methoxy groups -OCH3 is 1. The summed E-state index contributed by atoms with van der Waals surface area (Å²) in [6, 6.07) is 15.6. The Labute approximate surface area is 201 Å². The lowest BCUT2D eigenvalue weighted by molar-refractivity contribution is -0.274. The van der Waals surface area contributed by atoms with E-state index in [0.29, 0.717) is 23.1 Å². The number of alkyl halides is 3. The van der Waals surface area contributed by atoms with Gasteiger partial charge in [-0.1, -0.05) is 36.4 Å². The fourth-order valence-electron chi connectivity index (χ4n) is 3.43. The van der Waals surface area contributed by atoms with Crippen molar-refractivity contribution in [3.05, 3.63) is 82.9 Å². The summed E-state index contributed by atoms with van der Waals surface area (Å²) in [7, 11) is -2.62. The van der Waals surface area contributed by atoms with Gasteiger partial charge >= 0.3 is 12.3 Å². The van der Waals surface area contributed by atoms with E-state index >= 15 is 0 Å². The Bertz CT molecular complexity index is 1300. The van der Waals surface area contributed by atoms with E-state index in [-0.39, 0.29) is 22.8 Å². The molecule has 0 heterocycles. The molecule has 0 atom stereocenters. The molecule has 10 heteroatoms. The van der Waals surface area contributed by atoms with E-state index in [1.54, 1.807) is 26.0 Å². The third kappa shape index (κ3) is 6.83. The van der Waals surface area contributed by atoms with E-state index in [1.165, 1.54) is 43.5 Å². The smallest absolute Gasteiger partial charge is 0.465 e. The molecule has 0 bridgehead atoms. The van der Waals surface area contributed by atoms with E-state index in [9.17, 15) is 26.4 Å². The first-order chi connectivity index (χ1) is 16.4. The van der Waals surface area contributed by atoms with Crippen LogP contribution in [0.25, 0.3) is 11.1 Å². The number of rotatable bonds is 8. The Morgan fingerprint density at radius 3 is 2.06 bits per heavy atom. The summed E-state index contributed by atoms with van der Waals surface area (Å²) in [5.41, 5.74) is 3.87. The maximum atomic E-state index is 12.8. The minimum absolute atomic E-state index is 0.0192. The standard InChI is InChI=1S/C25H24F3NO5S/c1-16-14-22(15-23(17(16)2)24(30)33-3)35(31,32)29-13-12-18-4-6-19(7-5-18)20-8-10-21(11-9-20)34-25(26,27)28/h4-11,14-15,29H,12-13H2,1-3H3. The van der Waals surface area contributed by atoms with Gasteiger partial charge in [0.25, 0.3) is 0 Å². The highest BCUT2D eigenvalue weighted by atomic mass is 32.2. The number of carbonyl (C=O) groups is 1. The molecular weight excluding hydrogens is 483 g/mol. The van der Waals surface area contributed by atoms with Gasteiger partial charge in [-0.25, -0.2) is 17.9 Å². The van der Waals surface area contributed by atoms with Crippen LogP contribution in [0.5, 0.6) is 5.75 Å². The second kappa shape index (κ2) is 10.5. The molecule has 0 saturated carbocycles. The lowest BCUT2D eigenvalue weighted by Crippen LogP contribution is -2.26. The van der Waals surface area contributed by atoms with Gasteiger partial charge in [0.15, 0.2) is 0 Å². The summed E-state index contributed by atoms with van der Waals surface area (Å²) in [6.07, 6.45) is -4.33. The number of hydrogen-bond donors (Lipinski definition) is 1. The number of carbonyl (C=O) groups excluding carboxylic acids is 1. The average Bonchev–Trinajstić information content (AvgIpc) is 2.80. The Morgan fingerprint density at radius 1 is 0.943 bits per heavy atom. The molecule has 0 fully saturated rings. The van der Waals surface area contributed by atoms with Crippen LogP contribution in [0.4, 0.5) is 13.2 Å². The van der Waals surface area contributed by atoms with E-state index in [1.807, 2.05) is 12.1 Å². The first-order valence-electron chi connectivity index (χ1n) is 10.5. The third-order valence-electron chi connectivity index (χ3n) is 5.44. The predicted octanol–water partition coefficient (Wildman–Crippen LogP) is 5.18. The van der Waals surface area contributed by atoms with E-state index < -0.39 is 22.4 Å². The normalized spacial score (nSPS) is 11.8. The van der Waals surface area contributed by atoms with Crippen molar-refractivity contribution in [2.24, 2.45) is 0 Å². The molecule has 1 N–H and O–H groups in total. The Hall–Kier alpha value is -3.37. The molecule has 0 spiro atoms. The van der Waals surface area contributed by atoms with Crippen LogP contribution in [0.3, 0.4) is 0 Å². The summed E-state index contributed by atoms with van der Waals surface area (Å²) in [5.74, 6) is -0.905. The molecule has 0 radical (unpaired) electrons. The van der Waals surface area contributed by atoms with Gasteiger partial charge in [0.05, 0.1) is 17.6 Å². The van der Waals surface area contributed by atoms with Gasteiger partial charge in [-0.15, -0.1) is 13.2 Å². The van der Waals surface area contributed by atoms with Crippen LogP contribution in [-0.4, -0.2) is 34.4 Å². The van der Waals surface area contributed by atoms with Crippen molar-refractivity contribution >= 4 is 16.0 Å². The molecule has 0 unspecified atom stereocenters. The molecule has 186 valence electrons. The lowest BCUT2D eigenvalue weighted by atomic mass is 10.0. The zero-order chi connectivity index (χ0) is 25.8. The molecule has 3 aromatic rings. The highest BCUT2D eigenvalue weighted by Crippen LogP contribution is 2.27. The number of esters is 1. The number of benzene rings is 3. The average molecular weight is 508 g/mol. The molecular formula is C25H24F3NO5S. The van der Waals surface area contributed by atoms with Gasteiger partial charge in [-0.05, 0) is 72.4 Å². The number of sulfonamides is 1. The Balaban J connectivity index is 1.64. The first kappa shape index (κ1) is 26.2. The molecule has 0 aliphatic rings. The van der Waals surface area contributed by atoms with Crippen molar-refractivity contribution < 1.29 is 35.9 Å². The van der Waals surface area contributed by atoms with Gasteiger partial charge < -0.3 is 9.47 Å². The monoisotopic (exact) mass is 507 g/mol. The van der Waals surface area contributed by atoms with Crippen LogP contribution in [-0.2, 0) is 21.2 Å². The van der Waals surface area contributed by atoms with Crippen LogP contribution in [0.15, 0.2) is 65.6 Å². The molecule has 6 nitrogen and oxygen atoms in total. The number of hydrogen-bond acceptors (Lipinski definition) is 5. The summed E-state index contributed by atoms with van der Waals surface area (Å²) in [6.45, 7) is 3.57. The van der Waals surface area contributed by atoms with Gasteiger partial charge in [-0.3, -0.25) is 0 Å². The quantitative estimate of drug-likeness (QED) is 0.425. The van der Waals surface area contributed by atoms with Gasteiger partial charge in [0.2, 0.25) is 10.0 Å². The predicted molar refractivity (Wildman–Crippen MR) is 125 cm³/mol. The molecule has 0 aliphatic carbocycles. The van der Waals surface area contributed by atoms with E-state index in [4.69, 9.17) is 4.74 Å². The first-order valence-corrected chi connectivity index (χ1v) is 12.0. The van der Waals surface area contributed by atoms with Gasteiger partial charge in [0, 0.05) is 6.54 Å². The number of halogens is 3. The molecule has 35 heavy (non-hydrogen) atoms. The molecule has 0 amide bonds. The van der Waals surface area contributed by atoms with Crippen molar-refractivity contribution in [3.63, 3.8) is 0 Å². The summed E-state index contributed by atoms with van der Waals surface area (Å²) in [4.78, 5) is 12.0. The maximum absolute atomic E-state index is 12.8. The van der Waals surface area contributed by atoms with Crippen LogP contribution in [0.1, 0.15) is 27.0 Å². The fraction of sp³-hybridized carbons (Fsp3) is 0.240. The van der Waals surface area contributed by atoms with Crippen molar-refractivity contribution in [1.82, 2.24) is 4.72 Å². The van der Waals surface area contributed by atoms with Gasteiger partial charge in [-0.2, -0.15) is 0 Å². The molecule has 0 aliphatic heterocycles. The summed E-state index contributed by atoms with van der Waals surface area (Å²) < 4.78 is 73.6. The zero-order valence-corrected chi connectivity index (χ0v) is 20.1. The van der Waals surface area contributed by atoms with Crippen molar-refractivity contribution in [2.45, 2.75) is 31.5 Å². The molecule has 3 aromatic carbocycles. The lowest BCUT2D eigenvalue weighted by Gasteiger charge is -2.12. The highest BCUT2D eigenvalue weighted by Gasteiger charge is 2.31. The molecule has 3 rings (SSSR count). The fourth-order valence-corrected chi connectivity index (χ4v) is 4.57.